The molecule has 0 amide bonds. The molecule has 5 nitrogen and oxygen atoms in total. The number of anilines is 2. The summed E-state index contributed by atoms with van der Waals surface area (Å²) < 4.78 is 1.65. The molecule has 23 heavy (non-hydrogen) atoms. The Morgan fingerprint density at radius 3 is 2.74 bits per heavy atom. The van der Waals surface area contributed by atoms with Gasteiger partial charge in [-0.1, -0.05) is 30.3 Å². The highest BCUT2D eigenvalue weighted by atomic mass is 35.5. The van der Waals surface area contributed by atoms with Gasteiger partial charge < -0.3 is 9.88 Å². The van der Waals surface area contributed by atoms with Crippen molar-refractivity contribution < 1.29 is 0 Å². The molecule has 0 aliphatic carbocycles. The van der Waals surface area contributed by atoms with Gasteiger partial charge in [-0.25, -0.2) is 9.97 Å². The van der Waals surface area contributed by atoms with Crippen molar-refractivity contribution in [1.82, 2.24) is 14.5 Å². The molecule has 116 valence electrons. The molecule has 0 unspecified atom stereocenters. The zero-order chi connectivity index (χ0) is 16.2. The van der Waals surface area contributed by atoms with Crippen molar-refractivity contribution in [2.24, 2.45) is 0 Å². The second kappa shape index (κ2) is 6.62. The Kier molecular flexibility index (Phi) is 4.39. The monoisotopic (exact) mass is 326 g/mol. The summed E-state index contributed by atoms with van der Waals surface area (Å²) in [6.45, 7) is 2.36. The van der Waals surface area contributed by atoms with Crippen molar-refractivity contribution in [1.29, 1.82) is 0 Å². The van der Waals surface area contributed by atoms with E-state index in [1.807, 2.05) is 43.3 Å². The molecule has 3 rings (SSSR count). The van der Waals surface area contributed by atoms with E-state index in [-0.39, 0.29) is 10.8 Å². The Morgan fingerprint density at radius 2 is 1.96 bits per heavy atom. The summed E-state index contributed by atoms with van der Waals surface area (Å²) >= 11 is 5.82. The number of benzene rings is 1. The standard InChI is InChI=1S/C17H15ClN4O/c1-12-10-19-17(18)21-15(12)20-14-8-5-9-22(16(14)23)11-13-6-3-2-4-7-13/h2-10H,11H2,1H3,(H,19,20,21). The van der Waals surface area contributed by atoms with Crippen LogP contribution in [0.3, 0.4) is 0 Å². The number of nitrogens with one attached hydrogen (secondary N) is 1. The number of rotatable bonds is 4. The van der Waals surface area contributed by atoms with Crippen LogP contribution in [-0.4, -0.2) is 14.5 Å². The molecule has 0 saturated carbocycles. The first-order chi connectivity index (χ1) is 11.1. The highest BCUT2D eigenvalue weighted by Gasteiger charge is 2.08. The van der Waals surface area contributed by atoms with E-state index in [2.05, 4.69) is 15.3 Å². The summed E-state index contributed by atoms with van der Waals surface area (Å²) in [5.74, 6) is 0.527. The minimum absolute atomic E-state index is 0.120. The van der Waals surface area contributed by atoms with Crippen LogP contribution in [-0.2, 0) is 6.54 Å². The van der Waals surface area contributed by atoms with Crippen molar-refractivity contribution in [2.45, 2.75) is 13.5 Å². The van der Waals surface area contributed by atoms with E-state index >= 15 is 0 Å². The largest absolute Gasteiger partial charge is 0.335 e. The van der Waals surface area contributed by atoms with Gasteiger partial charge in [-0.15, -0.1) is 0 Å². The average Bonchev–Trinajstić information content (AvgIpc) is 2.55. The van der Waals surface area contributed by atoms with E-state index in [0.29, 0.717) is 18.1 Å². The average molecular weight is 327 g/mol. The normalized spacial score (nSPS) is 10.5. The summed E-state index contributed by atoms with van der Waals surface area (Å²) in [5, 5.41) is 3.18. The van der Waals surface area contributed by atoms with Gasteiger partial charge in [-0.3, -0.25) is 4.79 Å². The molecule has 0 spiro atoms. The second-order valence-electron chi connectivity index (χ2n) is 5.14. The minimum atomic E-state index is -0.120. The Morgan fingerprint density at radius 1 is 1.17 bits per heavy atom. The number of hydrogen-bond donors (Lipinski definition) is 1. The third-order valence-electron chi connectivity index (χ3n) is 3.41. The molecule has 2 aromatic heterocycles. The van der Waals surface area contributed by atoms with E-state index in [4.69, 9.17) is 11.6 Å². The lowest BCUT2D eigenvalue weighted by atomic mass is 10.2. The van der Waals surface area contributed by atoms with E-state index < -0.39 is 0 Å². The molecule has 3 aromatic rings. The van der Waals surface area contributed by atoms with Crippen LogP contribution in [0, 0.1) is 6.92 Å². The summed E-state index contributed by atoms with van der Waals surface area (Å²) in [4.78, 5) is 20.6. The molecule has 0 saturated heterocycles. The fourth-order valence-corrected chi connectivity index (χ4v) is 2.34. The number of pyridine rings is 1. The van der Waals surface area contributed by atoms with Gasteiger partial charge in [0.1, 0.15) is 11.5 Å². The highest BCUT2D eigenvalue weighted by molar-refractivity contribution is 6.28. The third-order valence-corrected chi connectivity index (χ3v) is 3.59. The summed E-state index contributed by atoms with van der Waals surface area (Å²) in [6, 6.07) is 13.4. The quantitative estimate of drug-likeness (QED) is 0.747. The first-order valence-corrected chi connectivity index (χ1v) is 7.51. The van der Waals surface area contributed by atoms with Gasteiger partial charge in [0.25, 0.3) is 5.56 Å². The number of aryl methyl sites for hydroxylation is 1. The Labute approximate surface area is 138 Å². The Balaban J connectivity index is 1.91. The smallest absolute Gasteiger partial charge is 0.274 e. The molecule has 0 radical (unpaired) electrons. The zero-order valence-electron chi connectivity index (χ0n) is 12.5. The molecule has 0 atom stereocenters. The lowest BCUT2D eigenvalue weighted by Crippen LogP contribution is -2.22. The van der Waals surface area contributed by atoms with Crippen LogP contribution < -0.4 is 10.9 Å². The second-order valence-corrected chi connectivity index (χ2v) is 5.47. The Bertz CT molecular complexity index is 877. The molecule has 1 N–H and O–H groups in total. The molecule has 0 aliphatic rings. The molecule has 2 heterocycles. The third kappa shape index (κ3) is 3.57. The van der Waals surface area contributed by atoms with E-state index in [1.165, 1.54) is 0 Å². The zero-order valence-corrected chi connectivity index (χ0v) is 13.3. The van der Waals surface area contributed by atoms with E-state index in [0.717, 1.165) is 11.1 Å². The van der Waals surface area contributed by atoms with Crippen molar-refractivity contribution in [3.8, 4) is 0 Å². The topological polar surface area (TPSA) is 59.8 Å². The predicted octanol–water partition coefficient (Wildman–Crippen LogP) is 3.39. The Hall–Kier alpha value is -2.66. The van der Waals surface area contributed by atoms with Gasteiger partial charge in [-0.2, -0.15) is 0 Å². The first kappa shape index (κ1) is 15.2. The van der Waals surface area contributed by atoms with Crippen molar-refractivity contribution >= 4 is 23.1 Å². The number of halogens is 1. The minimum Gasteiger partial charge on any atom is -0.335 e. The molecule has 0 bridgehead atoms. The lowest BCUT2D eigenvalue weighted by molar-refractivity contribution is 0.761. The molecule has 0 fully saturated rings. The van der Waals surface area contributed by atoms with Crippen molar-refractivity contribution in [3.05, 3.63) is 81.6 Å². The van der Waals surface area contributed by atoms with E-state index in [9.17, 15) is 4.79 Å². The first-order valence-electron chi connectivity index (χ1n) is 7.13. The molecule has 6 heteroatoms. The van der Waals surface area contributed by atoms with Gasteiger partial charge in [0.15, 0.2) is 0 Å². The predicted molar refractivity (Wildman–Crippen MR) is 91.3 cm³/mol. The van der Waals surface area contributed by atoms with Gasteiger partial charge in [-0.05, 0) is 36.2 Å². The summed E-state index contributed by atoms with van der Waals surface area (Å²) in [6.07, 6.45) is 3.38. The van der Waals surface area contributed by atoms with Crippen LogP contribution >= 0.6 is 11.6 Å². The fourth-order valence-electron chi connectivity index (χ4n) is 2.21. The van der Waals surface area contributed by atoms with Crippen molar-refractivity contribution in [3.63, 3.8) is 0 Å². The number of nitrogens with zero attached hydrogens (tertiary/aromatic N) is 3. The SMILES string of the molecule is Cc1cnc(Cl)nc1Nc1cccn(Cc2ccccc2)c1=O. The molecule has 1 aromatic carbocycles. The number of aromatic nitrogens is 3. The van der Waals surface area contributed by atoms with Crippen LogP contribution in [0.2, 0.25) is 5.28 Å². The van der Waals surface area contributed by atoms with Crippen LogP contribution in [0.1, 0.15) is 11.1 Å². The maximum absolute atomic E-state index is 12.6. The van der Waals surface area contributed by atoms with Crippen LogP contribution in [0.25, 0.3) is 0 Å². The molecular formula is C17H15ClN4O. The summed E-state index contributed by atoms with van der Waals surface area (Å²) in [7, 11) is 0. The van der Waals surface area contributed by atoms with Gasteiger partial charge in [0, 0.05) is 18.0 Å². The molecule has 0 aliphatic heterocycles. The number of hydrogen-bond acceptors (Lipinski definition) is 4. The van der Waals surface area contributed by atoms with Crippen molar-refractivity contribution in [2.75, 3.05) is 5.32 Å². The van der Waals surface area contributed by atoms with Crippen LogP contribution in [0.4, 0.5) is 11.5 Å². The fraction of sp³-hybridized carbons (Fsp3) is 0.118. The summed E-state index contributed by atoms with van der Waals surface area (Å²) in [5.41, 5.74) is 2.20. The maximum atomic E-state index is 12.6. The van der Waals surface area contributed by atoms with Gasteiger partial charge in [0.05, 0.1) is 6.54 Å². The molecular weight excluding hydrogens is 312 g/mol. The maximum Gasteiger partial charge on any atom is 0.274 e. The highest BCUT2D eigenvalue weighted by Crippen LogP contribution is 2.16. The lowest BCUT2D eigenvalue weighted by Gasteiger charge is -2.11. The van der Waals surface area contributed by atoms with Gasteiger partial charge in [0.2, 0.25) is 5.28 Å². The van der Waals surface area contributed by atoms with E-state index in [1.54, 1.807) is 23.0 Å². The van der Waals surface area contributed by atoms with Crippen LogP contribution in [0.15, 0.2) is 59.7 Å². The van der Waals surface area contributed by atoms with Crippen LogP contribution in [0.5, 0.6) is 0 Å². The van der Waals surface area contributed by atoms with Gasteiger partial charge >= 0.3 is 0 Å².